The topological polar surface area (TPSA) is 0 Å². The third-order valence-electron chi connectivity index (χ3n) is 2.48. The highest BCUT2D eigenvalue weighted by Crippen LogP contribution is 2.11. The molecule has 0 rings (SSSR count). The molecule has 1 unspecified atom stereocenters. The molecule has 0 saturated heterocycles. The van der Waals surface area contributed by atoms with E-state index in [1.165, 1.54) is 5.57 Å². The smallest absolute Gasteiger partial charge is 0.0420 e. The Morgan fingerprint density at radius 2 is 1.82 bits per heavy atom. The molecule has 0 radical (unpaired) electrons. The molecule has 0 heteroatoms. The first-order chi connectivity index (χ1) is 8.15. The van der Waals surface area contributed by atoms with Crippen molar-refractivity contribution < 1.29 is 0 Å². The highest BCUT2D eigenvalue weighted by molar-refractivity contribution is 5.27. The molecule has 92 valence electrons. The predicted octanol–water partition coefficient (Wildman–Crippen LogP) is 5.06. The van der Waals surface area contributed by atoms with Crippen molar-refractivity contribution >= 4 is 0 Å². The van der Waals surface area contributed by atoms with Crippen molar-refractivity contribution in [1.29, 1.82) is 0 Å². The molecule has 0 aliphatic heterocycles. The Morgan fingerprint density at radius 3 is 2.35 bits per heavy atom. The van der Waals surface area contributed by atoms with Crippen LogP contribution >= 0.6 is 0 Å². The van der Waals surface area contributed by atoms with E-state index >= 15 is 0 Å². The van der Waals surface area contributed by atoms with E-state index < -0.39 is 0 Å². The Bertz CT molecular complexity index is 367. The summed E-state index contributed by atoms with van der Waals surface area (Å²) in [6.45, 7) is 12.2. The second-order valence-corrected chi connectivity index (χ2v) is 3.99. The molecule has 17 heavy (non-hydrogen) atoms. The van der Waals surface area contributed by atoms with Gasteiger partial charge in [-0.15, -0.1) is 5.92 Å². The number of allylic oxidation sites excluding steroid dienone is 7. The molecular formula is C17H24. The van der Waals surface area contributed by atoms with Crippen LogP contribution < -0.4 is 0 Å². The van der Waals surface area contributed by atoms with Gasteiger partial charge in [0, 0.05) is 12.3 Å². The van der Waals surface area contributed by atoms with Crippen molar-refractivity contribution in [1.82, 2.24) is 0 Å². The summed E-state index contributed by atoms with van der Waals surface area (Å²) in [5.41, 5.74) is 2.43. The molecule has 0 N–H and O–H groups in total. The summed E-state index contributed by atoms with van der Waals surface area (Å²) in [5, 5.41) is 0. The fourth-order valence-corrected chi connectivity index (χ4v) is 1.53. The molecule has 0 fully saturated rings. The van der Waals surface area contributed by atoms with Crippen molar-refractivity contribution in [2.75, 3.05) is 0 Å². The lowest BCUT2D eigenvalue weighted by atomic mass is 10.0. The maximum atomic E-state index is 3.96. The van der Waals surface area contributed by atoms with Crippen LogP contribution in [0.3, 0.4) is 0 Å². The first-order valence-electron chi connectivity index (χ1n) is 6.23. The van der Waals surface area contributed by atoms with Gasteiger partial charge in [0.1, 0.15) is 0 Å². The number of hydrogen-bond donors (Lipinski definition) is 0. The van der Waals surface area contributed by atoms with Gasteiger partial charge >= 0.3 is 0 Å². The first-order valence-corrected chi connectivity index (χ1v) is 6.23. The fourth-order valence-electron chi connectivity index (χ4n) is 1.53. The highest BCUT2D eigenvalue weighted by Gasteiger charge is 1.99. The summed E-state index contributed by atoms with van der Waals surface area (Å²) >= 11 is 0. The quantitative estimate of drug-likeness (QED) is 0.455. The van der Waals surface area contributed by atoms with Gasteiger partial charge in [0.15, 0.2) is 0 Å². The van der Waals surface area contributed by atoms with Crippen LogP contribution in [0.25, 0.3) is 0 Å². The van der Waals surface area contributed by atoms with Gasteiger partial charge in [-0.25, -0.2) is 0 Å². The standard InChI is InChI=1S/C17H24/c1-6-11-15(4)13-9-10-14-16(5)17(8-3)12-7-2/h6-8,11-12,16H,4,9,13H2,1-3,5H3/b11-6+,12-7-,17-8+. The van der Waals surface area contributed by atoms with Gasteiger partial charge in [-0.3, -0.25) is 0 Å². The van der Waals surface area contributed by atoms with Gasteiger partial charge in [-0.1, -0.05) is 48.5 Å². The number of hydrogen-bond acceptors (Lipinski definition) is 0. The minimum Gasteiger partial charge on any atom is -0.102 e. The normalized spacial score (nSPS) is 13.8. The summed E-state index contributed by atoms with van der Waals surface area (Å²) in [6.07, 6.45) is 12.2. The Labute approximate surface area is 107 Å². The van der Waals surface area contributed by atoms with Crippen LogP contribution in [0.15, 0.2) is 48.1 Å². The molecule has 0 nitrogen and oxygen atoms in total. The Hall–Kier alpha value is -1.48. The van der Waals surface area contributed by atoms with E-state index in [1.54, 1.807) is 0 Å². The zero-order chi connectivity index (χ0) is 13.1. The molecule has 0 heterocycles. The zero-order valence-corrected chi connectivity index (χ0v) is 11.6. The largest absolute Gasteiger partial charge is 0.102 e. The molecule has 0 amide bonds. The molecule has 0 spiro atoms. The highest BCUT2D eigenvalue weighted by atomic mass is 14.0. The molecule has 0 aromatic carbocycles. The van der Waals surface area contributed by atoms with Gasteiger partial charge in [0.05, 0.1) is 0 Å². The van der Waals surface area contributed by atoms with E-state index in [9.17, 15) is 0 Å². The molecule has 0 bridgehead atoms. The molecule has 0 aromatic heterocycles. The van der Waals surface area contributed by atoms with Gasteiger partial charge in [-0.2, -0.15) is 0 Å². The van der Waals surface area contributed by atoms with Crippen LogP contribution in [0.1, 0.15) is 40.5 Å². The lowest BCUT2D eigenvalue weighted by Crippen LogP contribution is -1.92. The van der Waals surface area contributed by atoms with Crippen molar-refractivity contribution in [2.24, 2.45) is 5.92 Å². The van der Waals surface area contributed by atoms with Crippen LogP contribution in [0, 0.1) is 17.8 Å². The van der Waals surface area contributed by atoms with Crippen LogP contribution in [0.2, 0.25) is 0 Å². The fraction of sp³-hybridized carbons (Fsp3) is 0.412. The molecule has 0 aliphatic carbocycles. The van der Waals surface area contributed by atoms with E-state index in [4.69, 9.17) is 0 Å². The van der Waals surface area contributed by atoms with Gasteiger partial charge < -0.3 is 0 Å². The van der Waals surface area contributed by atoms with Gasteiger partial charge in [0.2, 0.25) is 0 Å². The summed E-state index contributed by atoms with van der Waals surface area (Å²) in [7, 11) is 0. The van der Waals surface area contributed by atoms with E-state index in [-0.39, 0.29) is 0 Å². The predicted molar refractivity (Wildman–Crippen MR) is 78.7 cm³/mol. The monoisotopic (exact) mass is 228 g/mol. The van der Waals surface area contributed by atoms with Crippen LogP contribution in [0.5, 0.6) is 0 Å². The van der Waals surface area contributed by atoms with Crippen molar-refractivity contribution in [3.05, 3.63) is 48.1 Å². The Kier molecular flexibility index (Phi) is 8.88. The van der Waals surface area contributed by atoms with E-state index in [0.717, 1.165) is 18.4 Å². The maximum Gasteiger partial charge on any atom is 0.0420 e. The Balaban J connectivity index is 4.22. The zero-order valence-electron chi connectivity index (χ0n) is 11.6. The maximum absolute atomic E-state index is 3.96. The van der Waals surface area contributed by atoms with Crippen molar-refractivity contribution in [3.63, 3.8) is 0 Å². The lowest BCUT2D eigenvalue weighted by molar-refractivity contribution is 0.917. The minimum absolute atomic E-state index is 0.311. The summed E-state index contributed by atoms with van der Waals surface area (Å²) < 4.78 is 0. The molecular weight excluding hydrogens is 204 g/mol. The van der Waals surface area contributed by atoms with Crippen LogP contribution in [0.4, 0.5) is 0 Å². The van der Waals surface area contributed by atoms with Crippen LogP contribution in [-0.4, -0.2) is 0 Å². The average molecular weight is 228 g/mol. The lowest BCUT2D eigenvalue weighted by Gasteiger charge is -2.04. The van der Waals surface area contributed by atoms with Crippen molar-refractivity contribution in [3.8, 4) is 11.8 Å². The van der Waals surface area contributed by atoms with E-state index in [0.29, 0.717) is 5.92 Å². The van der Waals surface area contributed by atoms with Gasteiger partial charge in [0.25, 0.3) is 0 Å². The average Bonchev–Trinajstić information content (AvgIpc) is 2.31. The third kappa shape index (κ3) is 7.41. The second kappa shape index (κ2) is 9.73. The van der Waals surface area contributed by atoms with Crippen molar-refractivity contribution in [2.45, 2.75) is 40.5 Å². The molecule has 0 saturated carbocycles. The minimum atomic E-state index is 0.311. The van der Waals surface area contributed by atoms with E-state index in [1.807, 2.05) is 26.0 Å². The third-order valence-corrected chi connectivity index (χ3v) is 2.48. The summed E-state index contributed by atoms with van der Waals surface area (Å²) in [6, 6.07) is 0. The first kappa shape index (κ1) is 15.5. The van der Waals surface area contributed by atoms with Gasteiger partial charge in [-0.05, 0) is 39.7 Å². The molecule has 0 aromatic rings. The SMILES string of the molecule is C=C(/C=C/C)CCC#CC(C)C(/C=C\C)=C/C. The summed E-state index contributed by atoms with van der Waals surface area (Å²) in [5.74, 6) is 6.82. The summed E-state index contributed by atoms with van der Waals surface area (Å²) in [4.78, 5) is 0. The molecule has 1 atom stereocenters. The van der Waals surface area contributed by atoms with E-state index in [2.05, 4.69) is 50.5 Å². The second-order valence-electron chi connectivity index (χ2n) is 3.99. The van der Waals surface area contributed by atoms with Crippen LogP contribution in [-0.2, 0) is 0 Å². The molecule has 0 aliphatic rings. The Morgan fingerprint density at radius 1 is 1.18 bits per heavy atom. The number of rotatable bonds is 5.